The maximum absolute atomic E-state index is 12.3. The summed E-state index contributed by atoms with van der Waals surface area (Å²) in [6.07, 6.45) is 6.06. The van der Waals surface area contributed by atoms with Gasteiger partial charge in [0, 0.05) is 12.1 Å². The number of carboxylic acid groups (broad SMARTS) is 1. The Morgan fingerprint density at radius 1 is 1.21 bits per heavy atom. The summed E-state index contributed by atoms with van der Waals surface area (Å²) in [5.74, 6) is -1.01. The fourth-order valence-corrected chi connectivity index (χ4v) is 3.42. The fourth-order valence-electron chi connectivity index (χ4n) is 3.42. The molecule has 0 bridgehead atoms. The molecule has 0 heterocycles. The fraction of sp³-hybridized carbons (Fsp3) is 0.857. The van der Waals surface area contributed by atoms with Gasteiger partial charge in [0.25, 0.3) is 0 Å². The molecule has 0 saturated heterocycles. The number of carbonyl (C=O) groups is 2. The Labute approximate surface area is 113 Å². The van der Waals surface area contributed by atoms with E-state index in [0.717, 1.165) is 38.5 Å². The molecule has 4 N–H and O–H groups in total. The number of aliphatic carboxylic acids is 1. The highest BCUT2D eigenvalue weighted by Crippen LogP contribution is 2.38. The van der Waals surface area contributed by atoms with E-state index >= 15 is 0 Å². The number of hydrogen-bond acceptors (Lipinski definition) is 3. The van der Waals surface area contributed by atoms with Gasteiger partial charge in [-0.15, -0.1) is 0 Å². The number of carbonyl (C=O) groups excluding carboxylic acids is 1. The van der Waals surface area contributed by atoms with Crippen molar-refractivity contribution in [2.24, 2.45) is 17.1 Å². The van der Waals surface area contributed by atoms with E-state index in [2.05, 4.69) is 5.32 Å². The Hall–Kier alpha value is -1.10. The molecule has 1 amide bonds. The van der Waals surface area contributed by atoms with E-state index in [0.29, 0.717) is 6.42 Å². The molecule has 4 atom stereocenters. The van der Waals surface area contributed by atoms with Gasteiger partial charge in [-0.05, 0) is 32.6 Å². The van der Waals surface area contributed by atoms with Crippen molar-refractivity contribution in [3.63, 3.8) is 0 Å². The van der Waals surface area contributed by atoms with Crippen LogP contribution in [0.2, 0.25) is 0 Å². The smallest absolute Gasteiger partial charge is 0.311 e. The summed E-state index contributed by atoms with van der Waals surface area (Å²) in [6, 6.07) is -0.335. The molecule has 5 heteroatoms. The second kappa shape index (κ2) is 5.49. The molecule has 0 aromatic rings. The van der Waals surface area contributed by atoms with Gasteiger partial charge in [-0.2, -0.15) is 0 Å². The van der Waals surface area contributed by atoms with E-state index in [1.807, 2.05) is 0 Å². The summed E-state index contributed by atoms with van der Waals surface area (Å²) < 4.78 is 0. The molecule has 4 unspecified atom stereocenters. The van der Waals surface area contributed by atoms with Crippen molar-refractivity contribution in [3.8, 4) is 0 Å². The summed E-state index contributed by atoms with van der Waals surface area (Å²) in [4.78, 5) is 23.7. The van der Waals surface area contributed by atoms with Crippen LogP contribution < -0.4 is 11.1 Å². The molecule has 2 aliphatic rings. The van der Waals surface area contributed by atoms with Crippen LogP contribution in [-0.4, -0.2) is 29.1 Å². The van der Waals surface area contributed by atoms with Crippen molar-refractivity contribution >= 4 is 11.9 Å². The van der Waals surface area contributed by atoms with Crippen LogP contribution in [0.25, 0.3) is 0 Å². The van der Waals surface area contributed by atoms with Crippen LogP contribution >= 0.6 is 0 Å². The van der Waals surface area contributed by atoms with Crippen molar-refractivity contribution in [3.05, 3.63) is 0 Å². The summed E-state index contributed by atoms with van der Waals surface area (Å²) in [7, 11) is 0. The molecule has 0 aliphatic heterocycles. The zero-order valence-corrected chi connectivity index (χ0v) is 11.5. The molecular weight excluding hydrogens is 244 g/mol. The molecule has 2 aliphatic carbocycles. The lowest BCUT2D eigenvalue weighted by atomic mass is 9.82. The molecule has 2 rings (SSSR count). The average Bonchev–Trinajstić information content (AvgIpc) is 2.73. The number of carboxylic acids is 1. The van der Waals surface area contributed by atoms with Gasteiger partial charge in [0.1, 0.15) is 0 Å². The van der Waals surface area contributed by atoms with Gasteiger partial charge < -0.3 is 16.2 Å². The molecule has 5 nitrogen and oxygen atoms in total. The summed E-state index contributed by atoms with van der Waals surface area (Å²) in [6.45, 7) is 1.73. The zero-order chi connectivity index (χ0) is 14.0. The highest BCUT2D eigenvalue weighted by Gasteiger charge is 2.46. The normalized spacial score (nSPS) is 38.9. The Balaban J connectivity index is 2.00. The first-order valence-corrected chi connectivity index (χ1v) is 7.24. The highest BCUT2D eigenvalue weighted by atomic mass is 16.4. The van der Waals surface area contributed by atoms with Crippen molar-refractivity contribution in [1.82, 2.24) is 5.32 Å². The highest BCUT2D eigenvalue weighted by molar-refractivity contribution is 5.82. The van der Waals surface area contributed by atoms with Crippen LogP contribution in [0.3, 0.4) is 0 Å². The molecule has 2 fully saturated rings. The minimum atomic E-state index is -0.825. The van der Waals surface area contributed by atoms with E-state index in [-0.39, 0.29) is 23.9 Å². The maximum atomic E-state index is 12.3. The summed E-state index contributed by atoms with van der Waals surface area (Å²) in [5, 5.41) is 12.3. The standard InChI is InChI=1S/C14H24N2O3/c1-14(13(18)19)8-4-7-11(14)16-12(17)9-5-2-3-6-10(9)15/h9-11H,2-8,15H2,1H3,(H,16,17)(H,18,19). The monoisotopic (exact) mass is 268 g/mol. The third-order valence-corrected chi connectivity index (χ3v) is 4.92. The number of nitrogens with two attached hydrogens (primary N) is 1. The first-order chi connectivity index (χ1) is 8.95. The maximum Gasteiger partial charge on any atom is 0.311 e. The van der Waals surface area contributed by atoms with E-state index in [9.17, 15) is 14.7 Å². The predicted octanol–water partition coefficient (Wildman–Crippen LogP) is 1.26. The molecule has 0 aromatic carbocycles. The van der Waals surface area contributed by atoms with E-state index in [1.165, 1.54) is 0 Å². The average molecular weight is 268 g/mol. The molecule has 2 saturated carbocycles. The van der Waals surface area contributed by atoms with Gasteiger partial charge in [-0.25, -0.2) is 0 Å². The van der Waals surface area contributed by atoms with Gasteiger partial charge in [-0.3, -0.25) is 9.59 Å². The van der Waals surface area contributed by atoms with E-state index in [4.69, 9.17) is 5.73 Å². The van der Waals surface area contributed by atoms with Gasteiger partial charge in [0.15, 0.2) is 0 Å². The van der Waals surface area contributed by atoms with Crippen LogP contribution in [0.5, 0.6) is 0 Å². The van der Waals surface area contributed by atoms with Gasteiger partial charge >= 0.3 is 5.97 Å². The second-order valence-corrected chi connectivity index (χ2v) is 6.23. The van der Waals surface area contributed by atoms with Crippen LogP contribution in [0.4, 0.5) is 0 Å². The predicted molar refractivity (Wildman–Crippen MR) is 71.5 cm³/mol. The molecule has 0 aromatic heterocycles. The van der Waals surface area contributed by atoms with Crippen LogP contribution in [0.15, 0.2) is 0 Å². The van der Waals surface area contributed by atoms with Crippen molar-refractivity contribution < 1.29 is 14.7 Å². The quantitative estimate of drug-likeness (QED) is 0.718. The number of rotatable bonds is 3. The number of amides is 1. The molecule has 0 radical (unpaired) electrons. The summed E-state index contributed by atoms with van der Waals surface area (Å²) in [5.41, 5.74) is 5.18. The topological polar surface area (TPSA) is 92.4 Å². The zero-order valence-electron chi connectivity index (χ0n) is 11.5. The molecule has 19 heavy (non-hydrogen) atoms. The SMILES string of the molecule is CC1(C(=O)O)CCCC1NC(=O)C1CCCCC1N. The molecule has 0 spiro atoms. The van der Waals surface area contributed by atoms with Crippen LogP contribution in [-0.2, 0) is 9.59 Å². The minimum absolute atomic E-state index is 0.0495. The Kier molecular flexibility index (Phi) is 4.13. The van der Waals surface area contributed by atoms with Crippen molar-refractivity contribution in [2.45, 2.75) is 64.0 Å². The van der Waals surface area contributed by atoms with Crippen molar-refractivity contribution in [2.75, 3.05) is 0 Å². The Morgan fingerprint density at radius 2 is 1.89 bits per heavy atom. The summed E-state index contributed by atoms with van der Waals surface area (Å²) >= 11 is 0. The lowest BCUT2D eigenvalue weighted by molar-refractivity contribution is -0.149. The molecular formula is C14H24N2O3. The van der Waals surface area contributed by atoms with Crippen LogP contribution in [0.1, 0.15) is 51.9 Å². The number of nitrogens with one attached hydrogen (secondary N) is 1. The third-order valence-electron chi connectivity index (χ3n) is 4.92. The Morgan fingerprint density at radius 3 is 2.53 bits per heavy atom. The third kappa shape index (κ3) is 2.76. The lowest BCUT2D eigenvalue weighted by Gasteiger charge is -2.32. The van der Waals surface area contributed by atoms with E-state index < -0.39 is 11.4 Å². The Bertz CT molecular complexity index is 372. The first kappa shape index (κ1) is 14.3. The largest absolute Gasteiger partial charge is 0.481 e. The second-order valence-electron chi connectivity index (χ2n) is 6.23. The van der Waals surface area contributed by atoms with Gasteiger partial charge in [-0.1, -0.05) is 19.3 Å². The van der Waals surface area contributed by atoms with Gasteiger partial charge in [0.05, 0.1) is 11.3 Å². The van der Waals surface area contributed by atoms with Crippen molar-refractivity contribution in [1.29, 1.82) is 0 Å². The first-order valence-electron chi connectivity index (χ1n) is 7.24. The number of hydrogen-bond donors (Lipinski definition) is 3. The van der Waals surface area contributed by atoms with Crippen LogP contribution in [0, 0.1) is 11.3 Å². The van der Waals surface area contributed by atoms with E-state index in [1.54, 1.807) is 6.92 Å². The lowest BCUT2D eigenvalue weighted by Crippen LogP contribution is -2.52. The minimum Gasteiger partial charge on any atom is -0.481 e. The van der Waals surface area contributed by atoms with Gasteiger partial charge in [0.2, 0.25) is 5.91 Å². The molecule has 108 valence electrons.